The number of nitrogens with one attached hydrogen (secondary N) is 1. The molecule has 0 fully saturated rings. The van der Waals surface area contributed by atoms with Crippen molar-refractivity contribution >= 4 is 5.91 Å². The van der Waals surface area contributed by atoms with Crippen LogP contribution in [0.25, 0.3) is 0 Å². The van der Waals surface area contributed by atoms with Crippen molar-refractivity contribution in [1.82, 2.24) is 5.32 Å². The van der Waals surface area contributed by atoms with Crippen LogP contribution in [-0.2, 0) is 4.79 Å². The van der Waals surface area contributed by atoms with Crippen molar-refractivity contribution in [3.63, 3.8) is 0 Å². The maximum Gasteiger partial charge on any atom is 0.220 e. The maximum atomic E-state index is 11.8. The van der Waals surface area contributed by atoms with Crippen molar-refractivity contribution < 1.29 is 9.90 Å². The standard InChI is InChI=1S/C15H24N2O2/c1-3-15(2,11-18)17-14(19)10-9-13(16)12-7-5-4-6-8-12/h4-8,13,18H,3,9-11,16H2,1-2H3,(H,17,19). The molecule has 0 saturated heterocycles. The van der Waals surface area contributed by atoms with Crippen LogP contribution in [0.15, 0.2) is 30.3 Å². The maximum absolute atomic E-state index is 11.8. The molecule has 0 aliphatic carbocycles. The minimum Gasteiger partial charge on any atom is -0.394 e. The largest absolute Gasteiger partial charge is 0.394 e. The fourth-order valence-electron chi connectivity index (χ4n) is 1.79. The van der Waals surface area contributed by atoms with E-state index >= 15 is 0 Å². The molecule has 0 radical (unpaired) electrons. The molecule has 0 bridgehead atoms. The Bertz CT molecular complexity index is 388. The second-order valence-corrected chi connectivity index (χ2v) is 5.18. The van der Waals surface area contributed by atoms with Crippen LogP contribution in [0.3, 0.4) is 0 Å². The number of hydrogen-bond acceptors (Lipinski definition) is 3. The van der Waals surface area contributed by atoms with Gasteiger partial charge in [0.1, 0.15) is 0 Å². The molecule has 1 rings (SSSR count). The average molecular weight is 264 g/mol. The summed E-state index contributed by atoms with van der Waals surface area (Å²) in [6.07, 6.45) is 1.66. The van der Waals surface area contributed by atoms with Crippen LogP contribution in [0.5, 0.6) is 0 Å². The first kappa shape index (κ1) is 15.7. The summed E-state index contributed by atoms with van der Waals surface area (Å²) in [6, 6.07) is 9.62. The van der Waals surface area contributed by atoms with Crippen LogP contribution in [0.4, 0.5) is 0 Å². The molecule has 0 heterocycles. The Kier molecular flexibility index (Phi) is 5.99. The Morgan fingerprint density at radius 1 is 1.42 bits per heavy atom. The van der Waals surface area contributed by atoms with Gasteiger partial charge in [0.25, 0.3) is 0 Å². The van der Waals surface area contributed by atoms with E-state index in [1.54, 1.807) is 0 Å². The number of amides is 1. The first-order chi connectivity index (χ1) is 9.00. The Morgan fingerprint density at radius 2 is 2.05 bits per heavy atom. The lowest BCUT2D eigenvalue weighted by molar-refractivity contribution is -0.123. The third kappa shape index (κ3) is 5.01. The SMILES string of the molecule is CCC(C)(CO)NC(=O)CCC(N)c1ccccc1. The zero-order valence-electron chi connectivity index (χ0n) is 11.7. The van der Waals surface area contributed by atoms with E-state index in [-0.39, 0.29) is 18.6 Å². The lowest BCUT2D eigenvalue weighted by Crippen LogP contribution is -2.48. The van der Waals surface area contributed by atoms with E-state index in [1.165, 1.54) is 0 Å². The molecule has 0 aromatic heterocycles. The smallest absolute Gasteiger partial charge is 0.220 e. The average Bonchev–Trinajstić information content (AvgIpc) is 2.45. The summed E-state index contributed by atoms with van der Waals surface area (Å²) in [6.45, 7) is 3.72. The van der Waals surface area contributed by atoms with Crippen LogP contribution in [-0.4, -0.2) is 23.2 Å². The van der Waals surface area contributed by atoms with Gasteiger partial charge in [0.2, 0.25) is 5.91 Å². The zero-order valence-corrected chi connectivity index (χ0v) is 11.7. The topological polar surface area (TPSA) is 75.3 Å². The van der Waals surface area contributed by atoms with Gasteiger partial charge in [-0.1, -0.05) is 37.3 Å². The van der Waals surface area contributed by atoms with Crippen LogP contribution < -0.4 is 11.1 Å². The lowest BCUT2D eigenvalue weighted by atomic mass is 9.99. The highest BCUT2D eigenvalue weighted by atomic mass is 16.3. The number of aliphatic hydroxyl groups is 1. The first-order valence-corrected chi connectivity index (χ1v) is 6.73. The van der Waals surface area contributed by atoms with Gasteiger partial charge in [-0.2, -0.15) is 0 Å². The number of aliphatic hydroxyl groups excluding tert-OH is 1. The minimum absolute atomic E-state index is 0.0556. The molecule has 4 N–H and O–H groups in total. The van der Waals surface area contributed by atoms with E-state index in [9.17, 15) is 9.90 Å². The van der Waals surface area contributed by atoms with E-state index in [2.05, 4.69) is 5.32 Å². The van der Waals surface area contributed by atoms with Crippen LogP contribution in [0, 0.1) is 0 Å². The second kappa shape index (κ2) is 7.26. The van der Waals surface area contributed by atoms with Gasteiger partial charge in [-0.25, -0.2) is 0 Å². The van der Waals surface area contributed by atoms with Crippen molar-refractivity contribution in [3.8, 4) is 0 Å². The highest BCUT2D eigenvalue weighted by Crippen LogP contribution is 2.16. The fraction of sp³-hybridized carbons (Fsp3) is 0.533. The summed E-state index contributed by atoms with van der Waals surface area (Å²) in [5.41, 5.74) is 6.55. The molecule has 4 nitrogen and oxygen atoms in total. The summed E-state index contributed by atoms with van der Waals surface area (Å²) in [5.74, 6) is -0.0650. The zero-order chi connectivity index (χ0) is 14.3. The van der Waals surface area contributed by atoms with E-state index < -0.39 is 5.54 Å². The van der Waals surface area contributed by atoms with Crippen LogP contribution >= 0.6 is 0 Å². The molecule has 1 aromatic carbocycles. The molecule has 0 spiro atoms. The molecule has 0 aliphatic rings. The Labute approximate surface area is 115 Å². The van der Waals surface area contributed by atoms with E-state index in [0.29, 0.717) is 19.3 Å². The molecule has 2 unspecified atom stereocenters. The summed E-state index contributed by atoms with van der Waals surface area (Å²) < 4.78 is 0. The Hall–Kier alpha value is -1.39. The van der Waals surface area contributed by atoms with Crippen molar-refractivity contribution in [1.29, 1.82) is 0 Å². The van der Waals surface area contributed by atoms with Crippen molar-refractivity contribution in [3.05, 3.63) is 35.9 Å². The third-order valence-electron chi connectivity index (χ3n) is 3.48. The number of carbonyl (C=O) groups is 1. The summed E-state index contributed by atoms with van der Waals surface area (Å²) in [5, 5.41) is 12.1. The van der Waals surface area contributed by atoms with Crippen LogP contribution in [0.1, 0.15) is 44.7 Å². The fourth-order valence-corrected chi connectivity index (χ4v) is 1.79. The van der Waals surface area contributed by atoms with Gasteiger partial charge in [-0.15, -0.1) is 0 Å². The highest BCUT2D eigenvalue weighted by Gasteiger charge is 2.23. The van der Waals surface area contributed by atoms with E-state index in [0.717, 1.165) is 5.56 Å². The summed E-state index contributed by atoms with van der Waals surface area (Å²) in [7, 11) is 0. The molecule has 0 aliphatic heterocycles. The molecule has 2 atom stereocenters. The Morgan fingerprint density at radius 3 is 2.58 bits per heavy atom. The number of carbonyl (C=O) groups excluding carboxylic acids is 1. The van der Waals surface area contributed by atoms with Crippen molar-refractivity contribution in [2.75, 3.05) is 6.61 Å². The van der Waals surface area contributed by atoms with Gasteiger partial charge in [0.15, 0.2) is 0 Å². The second-order valence-electron chi connectivity index (χ2n) is 5.18. The quantitative estimate of drug-likeness (QED) is 0.702. The van der Waals surface area contributed by atoms with Gasteiger partial charge in [-0.05, 0) is 25.3 Å². The molecular weight excluding hydrogens is 240 g/mol. The number of rotatable bonds is 7. The molecule has 19 heavy (non-hydrogen) atoms. The lowest BCUT2D eigenvalue weighted by Gasteiger charge is -2.27. The molecular formula is C15H24N2O2. The van der Waals surface area contributed by atoms with Gasteiger partial charge >= 0.3 is 0 Å². The van der Waals surface area contributed by atoms with Gasteiger partial charge in [-0.3, -0.25) is 4.79 Å². The number of benzene rings is 1. The van der Waals surface area contributed by atoms with Gasteiger partial charge in [0, 0.05) is 12.5 Å². The van der Waals surface area contributed by atoms with Crippen LogP contribution in [0.2, 0.25) is 0 Å². The predicted molar refractivity (Wildman–Crippen MR) is 76.5 cm³/mol. The monoisotopic (exact) mass is 264 g/mol. The third-order valence-corrected chi connectivity index (χ3v) is 3.48. The van der Waals surface area contributed by atoms with E-state index in [4.69, 9.17) is 5.73 Å². The van der Waals surface area contributed by atoms with Crippen molar-refractivity contribution in [2.45, 2.75) is 44.7 Å². The minimum atomic E-state index is -0.534. The molecule has 0 saturated carbocycles. The summed E-state index contributed by atoms with van der Waals surface area (Å²) >= 11 is 0. The predicted octanol–water partition coefficient (Wildman–Crippen LogP) is 1.74. The van der Waals surface area contributed by atoms with Gasteiger partial charge in [0.05, 0.1) is 12.1 Å². The molecule has 106 valence electrons. The molecule has 1 aromatic rings. The van der Waals surface area contributed by atoms with Crippen molar-refractivity contribution in [2.24, 2.45) is 5.73 Å². The van der Waals surface area contributed by atoms with E-state index in [1.807, 2.05) is 44.2 Å². The Balaban J connectivity index is 2.42. The normalized spacial score (nSPS) is 15.6. The number of nitrogens with two attached hydrogens (primary N) is 1. The first-order valence-electron chi connectivity index (χ1n) is 6.73. The molecule has 1 amide bonds. The molecule has 4 heteroatoms. The van der Waals surface area contributed by atoms with Gasteiger partial charge < -0.3 is 16.2 Å². The summed E-state index contributed by atoms with van der Waals surface area (Å²) in [4.78, 5) is 11.8. The highest BCUT2D eigenvalue weighted by molar-refractivity contribution is 5.76. The number of hydrogen-bond donors (Lipinski definition) is 3.